The van der Waals surface area contributed by atoms with E-state index in [9.17, 15) is 0 Å². The molecule has 0 spiro atoms. The van der Waals surface area contributed by atoms with Crippen molar-refractivity contribution in [3.8, 4) is 0 Å². The quantitative estimate of drug-likeness (QED) is 0.708. The Morgan fingerprint density at radius 2 is 1.95 bits per heavy atom. The Bertz CT molecular complexity index is 769. The first-order valence-corrected chi connectivity index (χ1v) is 8.01. The van der Waals surface area contributed by atoms with Gasteiger partial charge in [-0.25, -0.2) is 0 Å². The zero-order chi connectivity index (χ0) is 14.2. The highest BCUT2D eigenvalue weighted by Crippen LogP contribution is 2.43. The molecule has 3 aromatic rings. The molecule has 2 heteroatoms. The van der Waals surface area contributed by atoms with Crippen LogP contribution in [0.1, 0.15) is 38.0 Å². The molecule has 0 saturated heterocycles. The fourth-order valence-corrected chi connectivity index (χ4v) is 3.17. The molecule has 21 heavy (non-hydrogen) atoms. The van der Waals surface area contributed by atoms with E-state index in [-0.39, 0.29) is 0 Å². The van der Waals surface area contributed by atoms with Gasteiger partial charge in [0.05, 0.1) is 6.04 Å². The lowest BCUT2D eigenvalue weighted by molar-refractivity contribution is 0.397. The molecule has 0 amide bonds. The largest absolute Gasteiger partial charge is 0.459 e. The van der Waals surface area contributed by atoms with Gasteiger partial charge >= 0.3 is 0 Å². The van der Waals surface area contributed by atoms with Crippen molar-refractivity contribution in [2.75, 3.05) is 6.54 Å². The maximum atomic E-state index is 6.28. The molecule has 0 bridgehead atoms. The third kappa shape index (κ3) is 2.34. The van der Waals surface area contributed by atoms with Crippen LogP contribution >= 0.6 is 0 Å². The van der Waals surface area contributed by atoms with E-state index < -0.39 is 0 Å². The second-order valence-corrected chi connectivity index (χ2v) is 6.12. The summed E-state index contributed by atoms with van der Waals surface area (Å²) in [6.45, 7) is 3.27. The zero-order valence-electron chi connectivity index (χ0n) is 12.4. The first-order valence-electron chi connectivity index (χ1n) is 8.01. The summed E-state index contributed by atoms with van der Waals surface area (Å²) in [5.74, 6) is 1.86. The van der Waals surface area contributed by atoms with Crippen LogP contribution in [-0.4, -0.2) is 6.54 Å². The van der Waals surface area contributed by atoms with Crippen molar-refractivity contribution >= 4 is 21.7 Å². The van der Waals surface area contributed by atoms with Crippen LogP contribution in [0.5, 0.6) is 0 Å². The summed E-state index contributed by atoms with van der Waals surface area (Å²) in [5.41, 5.74) is 1.03. The minimum atomic E-state index is 0.385. The summed E-state index contributed by atoms with van der Waals surface area (Å²) in [6, 6.07) is 15.4. The second kappa shape index (κ2) is 5.19. The summed E-state index contributed by atoms with van der Waals surface area (Å²) in [6.07, 6.45) is 3.80. The summed E-state index contributed by atoms with van der Waals surface area (Å²) >= 11 is 0. The highest BCUT2D eigenvalue weighted by atomic mass is 16.3. The topological polar surface area (TPSA) is 25.2 Å². The Morgan fingerprint density at radius 3 is 2.76 bits per heavy atom. The molecule has 2 aromatic carbocycles. The molecular weight excluding hydrogens is 258 g/mol. The Labute approximate surface area is 125 Å². The van der Waals surface area contributed by atoms with Crippen molar-refractivity contribution in [2.45, 2.75) is 32.2 Å². The Morgan fingerprint density at radius 1 is 1.14 bits per heavy atom. The van der Waals surface area contributed by atoms with Crippen LogP contribution in [0.25, 0.3) is 21.7 Å². The van der Waals surface area contributed by atoms with Crippen molar-refractivity contribution < 1.29 is 4.42 Å². The summed E-state index contributed by atoms with van der Waals surface area (Å²) < 4.78 is 6.28. The van der Waals surface area contributed by atoms with E-state index in [0.717, 1.165) is 30.2 Å². The highest BCUT2D eigenvalue weighted by molar-refractivity contribution is 6.04. The number of hydrogen-bond acceptors (Lipinski definition) is 2. The molecule has 1 aromatic heterocycles. The third-order valence-corrected chi connectivity index (χ3v) is 4.44. The Hall–Kier alpha value is -1.80. The average molecular weight is 279 g/mol. The van der Waals surface area contributed by atoms with Gasteiger partial charge in [0.15, 0.2) is 0 Å². The van der Waals surface area contributed by atoms with E-state index in [2.05, 4.69) is 54.7 Å². The van der Waals surface area contributed by atoms with Gasteiger partial charge in [-0.2, -0.15) is 0 Å². The molecule has 1 N–H and O–H groups in total. The van der Waals surface area contributed by atoms with Gasteiger partial charge < -0.3 is 9.73 Å². The van der Waals surface area contributed by atoms with E-state index >= 15 is 0 Å². The molecule has 1 aliphatic rings. The number of benzene rings is 2. The lowest BCUT2D eigenvalue weighted by atomic mass is 10.1. The highest BCUT2D eigenvalue weighted by Gasteiger charge is 2.34. The lowest BCUT2D eigenvalue weighted by Crippen LogP contribution is -2.23. The maximum Gasteiger partial charge on any atom is 0.142 e. The van der Waals surface area contributed by atoms with Crippen LogP contribution in [-0.2, 0) is 0 Å². The number of rotatable bonds is 5. The van der Waals surface area contributed by atoms with Crippen LogP contribution in [0.3, 0.4) is 0 Å². The predicted molar refractivity (Wildman–Crippen MR) is 87.5 cm³/mol. The van der Waals surface area contributed by atoms with Crippen molar-refractivity contribution in [3.05, 3.63) is 48.2 Å². The molecule has 0 radical (unpaired) electrons. The van der Waals surface area contributed by atoms with Gasteiger partial charge in [-0.1, -0.05) is 43.3 Å². The smallest absolute Gasteiger partial charge is 0.142 e. The third-order valence-electron chi connectivity index (χ3n) is 4.44. The average Bonchev–Trinajstić information content (AvgIpc) is 3.25. The van der Waals surface area contributed by atoms with Crippen molar-refractivity contribution in [3.63, 3.8) is 0 Å². The van der Waals surface area contributed by atoms with Gasteiger partial charge in [0.1, 0.15) is 11.3 Å². The molecule has 1 fully saturated rings. The van der Waals surface area contributed by atoms with E-state index in [1.165, 1.54) is 29.0 Å². The monoisotopic (exact) mass is 279 g/mol. The molecule has 0 aliphatic heterocycles. The van der Waals surface area contributed by atoms with E-state index in [1.807, 2.05) is 0 Å². The molecule has 1 aliphatic carbocycles. The number of furan rings is 1. The Balaban J connectivity index is 1.80. The molecule has 108 valence electrons. The number of hydrogen-bond donors (Lipinski definition) is 1. The van der Waals surface area contributed by atoms with Gasteiger partial charge in [0.25, 0.3) is 0 Å². The minimum absolute atomic E-state index is 0.385. The summed E-state index contributed by atoms with van der Waals surface area (Å²) in [7, 11) is 0. The van der Waals surface area contributed by atoms with Crippen LogP contribution < -0.4 is 5.32 Å². The summed E-state index contributed by atoms with van der Waals surface area (Å²) in [5, 5.41) is 7.34. The van der Waals surface area contributed by atoms with Gasteiger partial charge in [-0.3, -0.25) is 0 Å². The van der Waals surface area contributed by atoms with Gasteiger partial charge in [0.2, 0.25) is 0 Å². The second-order valence-electron chi connectivity index (χ2n) is 6.12. The SMILES string of the molecule is CCCNC(c1cc2ccc3ccccc3c2o1)C1CC1. The molecule has 1 saturated carbocycles. The summed E-state index contributed by atoms with van der Waals surface area (Å²) in [4.78, 5) is 0. The van der Waals surface area contributed by atoms with E-state index in [1.54, 1.807) is 0 Å². The molecular formula is C19H21NO. The zero-order valence-corrected chi connectivity index (χ0v) is 12.4. The molecule has 1 unspecified atom stereocenters. The van der Waals surface area contributed by atoms with Crippen LogP contribution in [0.15, 0.2) is 46.9 Å². The maximum absolute atomic E-state index is 6.28. The van der Waals surface area contributed by atoms with Crippen molar-refractivity contribution in [2.24, 2.45) is 5.92 Å². The van der Waals surface area contributed by atoms with Gasteiger partial charge in [-0.05, 0) is 43.2 Å². The first-order chi connectivity index (χ1) is 10.4. The standard InChI is InChI=1S/C19H21NO/c1-2-11-20-18(14-8-9-14)17-12-15-10-7-13-5-3-4-6-16(13)19(15)21-17/h3-7,10,12,14,18,20H,2,8-9,11H2,1H3. The number of nitrogens with one attached hydrogen (secondary N) is 1. The van der Waals surface area contributed by atoms with Crippen LogP contribution in [0, 0.1) is 5.92 Å². The molecule has 4 rings (SSSR count). The van der Waals surface area contributed by atoms with Crippen LogP contribution in [0.4, 0.5) is 0 Å². The molecule has 2 nitrogen and oxygen atoms in total. The normalized spacial score (nSPS) is 16.6. The predicted octanol–water partition coefficient (Wildman–Crippen LogP) is 5.04. The minimum Gasteiger partial charge on any atom is -0.459 e. The first kappa shape index (κ1) is 12.9. The van der Waals surface area contributed by atoms with Crippen LogP contribution in [0.2, 0.25) is 0 Å². The lowest BCUT2D eigenvalue weighted by Gasteiger charge is -2.14. The van der Waals surface area contributed by atoms with Gasteiger partial charge in [0, 0.05) is 10.8 Å². The molecule has 1 atom stereocenters. The fraction of sp³-hybridized carbons (Fsp3) is 0.368. The molecule has 1 heterocycles. The van der Waals surface area contributed by atoms with Crippen molar-refractivity contribution in [1.29, 1.82) is 0 Å². The van der Waals surface area contributed by atoms with E-state index in [0.29, 0.717) is 6.04 Å². The van der Waals surface area contributed by atoms with Crippen molar-refractivity contribution in [1.82, 2.24) is 5.32 Å². The van der Waals surface area contributed by atoms with Gasteiger partial charge in [-0.15, -0.1) is 0 Å². The fourth-order valence-electron chi connectivity index (χ4n) is 3.17. The Kier molecular flexibility index (Phi) is 3.19. The number of fused-ring (bicyclic) bond motifs is 3. The van der Waals surface area contributed by atoms with E-state index in [4.69, 9.17) is 4.42 Å².